The fourth-order valence-electron chi connectivity index (χ4n) is 1.78. The Kier molecular flexibility index (Phi) is 5.94. The first-order valence-electron chi connectivity index (χ1n) is 4.90. The van der Waals surface area contributed by atoms with Crippen LogP contribution in [-0.4, -0.2) is 16.1 Å². The summed E-state index contributed by atoms with van der Waals surface area (Å²) in [5.41, 5.74) is -0.509. The van der Waals surface area contributed by atoms with E-state index < -0.39 is 5.60 Å². The number of hydrogen-bond donors (Lipinski definition) is 1. The van der Waals surface area contributed by atoms with Crippen LogP contribution >= 0.6 is 11.6 Å². The Bertz CT molecular complexity index is 106. The van der Waals surface area contributed by atoms with E-state index in [1.54, 1.807) is 0 Å². The topological polar surface area (TPSA) is 20.2 Å². The Labute approximate surface area is 81.1 Å². The van der Waals surface area contributed by atoms with Gasteiger partial charge in [-0.1, -0.05) is 26.7 Å². The standard InChI is InChI=1S/C10H21ClO/c1-4-6-10(12,7-5-2)8-9(3)11/h9,12H,4-8H2,1-3H3. The van der Waals surface area contributed by atoms with Crippen LogP contribution in [0.15, 0.2) is 0 Å². The lowest BCUT2D eigenvalue weighted by Crippen LogP contribution is -2.30. The van der Waals surface area contributed by atoms with Gasteiger partial charge in [-0.05, 0) is 26.2 Å². The van der Waals surface area contributed by atoms with Gasteiger partial charge in [0.05, 0.1) is 5.60 Å². The van der Waals surface area contributed by atoms with Crippen molar-refractivity contribution >= 4 is 11.6 Å². The first-order chi connectivity index (χ1) is 5.54. The average molecular weight is 193 g/mol. The maximum Gasteiger partial charge on any atom is 0.0661 e. The van der Waals surface area contributed by atoms with Crippen molar-refractivity contribution < 1.29 is 5.11 Å². The summed E-state index contributed by atoms with van der Waals surface area (Å²) >= 11 is 5.87. The van der Waals surface area contributed by atoms with Crippen LogP contribution in [-0.2, 0) is 0 Å². The van der Waals surface area contributed by atoms with E-state index in [1.165, 1.54) is 0 Å². The molecule has 12 heavy (non-hydrogen) atoms. The van der Waals surface area contributed by atoms with Gasteiger partial charge in [0.2, 0.25) is 0 Å². The van der Waals surface area contributed by atoms with Crippen molar-refractivity contribution in [3.63, 3.8) is 0 Å². The summed E-state index contributed by atoms with van der Waals surface area (Å²) in [6.07, 6.45) is 4.52. The van der Waals surface area contributed by atoms with Crippen molar-refractivity contribution in [2.24, 2.45) is 0 Å². The molecule has 1 N–H and O–H groups in total. The molecule has 0 radical (unpaired) electrons. The van der Waals surface area contributed by atoms with Crippen molar-refractivity contribution in [2.45, 2.75) is 63.9 Å². The molecule has 0 aliphatic carbocycles. The summed E-state index contributed by atoms with van der Waals surface area (Å²) in [6, 6.07) is 0. The molecule has 0 aliphatic heterocycles. The fourth-order valence-corrected chi connectivity index (χ4v) is 2.07. The minimum atomic E-state index is -0.509. The summed E-state index contributed by atoms with van der Waals surface area (Å²) in [7, 11) is 0. The Morgan fingerprint density at radius 1 is 1.25 bits per heavy atom. The normalized spacial score (nSPS) is 14.8. The van der Waals surface area contributed by atoms with E-state index in [9.17, 15) is 5.11 Å². The lowest BCUT2D eigenvalue weighted by Gasteiger charge is -2.28. The third-order valence-electron chi connectivity index (χ3n) is 2.09. The summed E-state index contributed by atoms with van der Waals surface area (Å²) in [5.74, 6) is 0. The molecule has 1 atom stereocenters. The van der Waals surface area contributed by atoms with Crippen molar-refractivity contribution in [2.75, 3.05) is 0 Å². The van der Waals surface area contributed by atoms with E-state index >= 15 is 0 Å². The van der Waals surface area contributed by atoms with E-state index in [4.69, 9.17) is 11.6 Å². The third kappa shape index (κ3) is 5.00. The first kappa shape index (κ1) is 12.2. The number of halogens is 1. The molecule has 0 rings (SSSR count). The zero-order valence-electron chi connectivity index (χ0n) is 8.44. The summed E-state index contributed by atoms with van der Waals surface area (Å²) in [5, 5.41) is 10.2. The van der Waals surface area contributed by atoms with Gasteiger partial charge >= 0.3 is 0 Å². The number of hydrogen-bond acceptors (Lipinski definition) is 1. The molecule has 2 heteroatoms. The third-order valence-corrected chi connectivity index (χ3v) is 2.25. The molecule has 0 aromatic rings. The average Bonchev–Trinajstić information content (AvgIpc) is 1.85. The second kappa shape index (κ2) is 5.82. The highest BCUT2D eigenvalue weighted by atomic mass is 35.5. The quantitative estimate of drug-likeness (QED) is 0.641. The number of aliphatic hydroxyl groups is 1. The van der Waals surface area contributed by atoms with Crippen LogP contribution in [0.25, 0.3) is 0 Å². The molecule has 1 nitrogen and oxygen atoms in total. The SMILES string of the molecule is CCCC(O)(CCC)CC(C)Cl. The second-order valence-electron chi connectivity index (χ2n) is 3.71. The summed E-state index contributed by atoms with van der Waals surface area (Å²) < 4.78 is 0. The van der Waals surface area contributed by atoms with Gasteiger partial charge in [0.25, 0.3) is 0 Å². The van der Waals surface area contributed by atoms with E-state index in [0.29, 0.717) is 0 Å². The van der Waals surface area contributed by atoms with Crippen LogP contribution in [0, 0.1) is 0 Å². The summed E-state index contributed by atoms with van der Waals surface area (Å²) in [6.45, 7) is 6.14. The van der Waals surface area contributed by atoms with E-state index in [2.05, 4.69) is 13.8 Å². The lowest BCUT2D eigenvalue weighted by molar-refractivity contribution is 0.0132. The molecular weight excluding hydrogens is 172 g/mol. The molecular formula is C10H21ClO. The van der Waals surface area contributed by atoms with Gasteiger partial charge in [-0.2, -0.15) is 0 Å². The first-order valence-corrected chi connectivity index (χ1v) is 5.34. The van der Waals surface area contributed by atoms with Crippen LogP contribution < -0.4 is 0 Å². The fraction of sp³-hybridized carbons (Fsp3) is 1.00. The summed E-state index contributed by atoms with van der Waals surface area (Å²) in [4.78, 5) is 0. The molecule has 0 spiro atoms. The minimum Gasteiger partial charge on any atom is -0.390 e. The van der Waals surface area contributed by atoms with Gasteiger partial charge in [0.15, 0.2) is 0 Å². The molecule has 0 bridgehead atoms. The molecule has 0 saturated carbocycles. The molecule has 74 valence electrons. The van der Waals surface area contributed by atoms with Gasteiger partial charge in [0.1, 0.15) is 0 Å². The second-order valence-corrected chi connectivity index (χ2v) is 4.45. The molecule has 1 unspecified atom stereocenters. The van der Waals surface area contributed by atoms with Crippen molar-refractivity contribution in [3.8, 4) is 0 Å². The lowest BCUT2D eigenvalue weighted by atomic mass is 9.88. The maximum atomic E-state index is 10.1. The van der Waals surface area contributed by atoms with Crippen LogP contribution in [0.1, 0.15) is 52.9 Å². The smallest absolute Gasteiger partial charge is 0.0661 e. The monoisotopic (exact) mass is 192 g/mol. The molecule has 0 amide bonds. The molecule has 0 aliphatic rings. The Morgan fingerprint density at radius 3 is 1.92 bits per heavy atom. The van der Waals surface area contributed by atoms with Crippen LogP contribution in [0.5, 0.6) is 0 Å². The van der Waals surface area contributed by atoms with Gasteiger partial charge in [-0.3, -0.25) is 0 Å². The van der Waals surface area contributed by atoms with Crippen LogP contribution in [0.4, 0.5) is 0 Å². The highest BCUT2D eigenvalue weighted by Gasteiger charge is 2.26. The zero-order valence-corrected chi connectivity index (χ0v) is 9.19. The maximum absolute atomic E-state index is 10.1. The predicted octanol–water partition coefficient (Wildman–Crippen LogP) is 3.34. The van der Waals surface area contributed by atoms with Crippen molar-refractivity contribution in [1.29, 1.82) is 0 Å². The van der Waals surface area contributed by atoms with Gasteiger partial charge in [-0.25, -0.2) is 0 Å². The van der Waals surface area contributed by atoms with Gasteiger partial charge in [0, 0.05) is 5.38 Å². The molecule has 0 aromatic carbocycles. The van der Waals surface area contributed by atoms with E-state index in [-0.39, 0.29) is 5.38 Å². The van der Waals surface area contributed by atoms with Gasteiger partial charge in [-0.15, -0.1) is 11.6 Å². The molecule has 0 aromatic heterocycles. The van der Waals surface area contributed by atoms with Crippen LogP contribution in [0.2, 0.25) is 0 Å². The Morgan fingerprint density at radius 2 is 1.67 bits per heavy atom. The molecule has 0 fully saturated rings. The van der Waals surface area contributed by atoms with Gasteiger partial charge < -0.3 is 5.11 Å². The molecule has 0 saturated heterocycles. The van der Waals surface area contributed by atoms with Crippen molar-refractivity contribution in [1.82, 2.24) is 0 Å². The highest BCUT2D eigenvalue weighted by molar-refractivity contribution is 6.20. The highest BCUT2D eigenvalue weighted by Crippen LogP contribution is 2.26. The zero-order chi connectivity index (χ0) is 9.61. The largest absolute Gasteiger partial charge is 0.390 e. The predicted molar refractivity (Wildman–Crippen MR) is 54.7 cm³/mol. The number of rotatable bonds is 6. The Balaban J connectivity index is 3.98. The molecule has 0 heterocycles. The van der Waals surface area contributed by atoms with Crippen molar-refractivity contribution in [3.05, 3.63) is 0 Å². The number of alkyl halides is 1. The van der Waals surface area contributed by atoms with E-state index in [0.717, 1.165) is 32.1 Å². The van der Waals surface area contributed by atoms with Crippen LogP contribution in [0.3, 0.4) is 0 Å². The minimum absolute atomic E-state index is 0.0769. The Hall–Kier alpha value is 0.250. The van der Waals surface area contributed by atoms with E-state index in [1.807, 2.05) is 6.92 Å².